The molecule has 0 aromatic heterocycles. The van der Waals surface area contributed by atoms with E-state index < -0.39 is 5.97 Å². The van der Waals surface area contributed by atoms with E-state index in [1.165, 1.54) is 6.08 Å². The third-order valence-electron chi connectivity index (χ3n) is 4.20. The maximum Gasteiger partial charge on any atom is 0.343 e. The maximum absolute atomic E-state index is 12.3. The largest absolute Gasteiger partial charge is 0.423 e. The Kier molecular flexibility index (Phi) is 5.62. The van der Waals surface area contributed by atoms with Gasteiger partial charge in [-0.2, -0.15) is 0 Å². The van der Waals surface area contributed by atoms with Crippen LogP contribution in [0.1, 0.15) is 37.4 Å². The molecule has 3 aromatic carbocycles. The van der Waals surface area contributed by atoms with Crippen molar-refractivity contribution in [2.24, 2.45) is 0 Å². The molecule has 134 valence electrons. The van der Waals surface area contributed by atoms with Gasteiger partial charge in [0.1, 0.15) is 5.75 Å². The van der Waals surface area contributed by atoms with Crippen molar-refractivity contribution >= 4 is 17.8 Å². The van der Waals surface area contributed by atoms with Crippen LogP contribution in [0.3, 0.4) is 0 Å². The highest BCUT2D eigenvalue weighted by atomic mass is 16.5. The van der Waals surface area contributed by atoms with E-state index in [2.05, 4.69) is 0 Å². The molecule has 0 unspecified atom stereocenters. The van der Waals surface area contributed by atoms with Crippen LogP contribution in [0.4, 0.5) is 0 Å². The summed E-state index contributed by atoms with van der Waals surface area (Å²) in [7, 11) is 0. The fraction of sp³-hybridized carbons (Fsp3) is 0.0833. The molecule has 3 nitrogen and oxygen atoms in total. The summed E-state index contributed by atoms with van der Waals surface area (Å²) in [6, 6.07) is 21.8. The van der Waals surface area contributed by atoms with Gasteiger partial charge in [0.05, 0.1) is 5.56 Å². The van der Waals surface area contributed by atoms with Crippen molar-refractivity contribution in [2.75, 3.05) is 0 Å². The summed E-state index contributed by atoms with van der Waals surface area (Å²) in [6.07, 6.45) is 3.24. The predicted octanol–water partition coefficient (Wildman–Crippen LogP) is 5.42. The Hall–Kier alpha value is -3.46. The van der Waals surface area contributed by atoms with Crippen molar-refractivity contribution in [3.8, 4) is 5.75 Å². The number of hydrogen-bond donors (Lipinski definition) is 0. The van der Waals surface area contributed by atoms with E-state index in [1.807, 2.05) is 56.3 Å². The molecule has 0 radical (unpaired) electrons. The van der Waals surface area contributed by atoms with E-state index in [1.54, 1.807) is 36.4 Å². The Morgan fingerprint density at radius 3 is 2.33 bits per heavy atom. The van der Waals surface area contributed by atoms with Crippen molar-refractivity contribution in [1.82, 2.24) is 0 Å². The molecule has 3 aromatic rings. The van der Waals surface area contributed by atoms with Gasteiger partial charge in [-0.3, -0.25) is 4.79 Å². The van der Waals surface area contributed by atoms with Crippen LogP contribution >= 0.6 is 0 Å². The highest BCUT2D eigenvalue weighted by molar-refractivity contribution is 6.06. The zero-order valence-corrected chi connectivity index (χ0v) is 15.3. The Labute approximate surface area is 158 Å². The number of benzene rings is 3. The first-order chi connectivity index (χ1) is 13.0. The molecule has 3 rings (SSSR count). The fourth-order valence-electron chi connectivity index (χ4n) is 2.63. The molecule has 0 saturated heterocycles. The van der Waals surface area contributed by atoms with Gasteiger partial charge in [-0.1, -0.05) is 66.2 Å². The van der Waals surface area contributed by atoms with Crippen LogP contribution < -0.4 is 4.74 Å². The average Bonchev–Trinajstić information content (AvgIpc) is 2.67. The number of carbonyl (C=O) groups excluding carboxylic acids is 2. The number of esters is 1. The van der Waals surface area contributed by atoms with Crippen LogP contribution in [0, 0.1) is 13.8 Å². The lowest BCUT2D eigenvalue weighted by atomic mass is 10.1. The molecule has 0 spiro atoms. The van der Waals surface area contributed by atoms with E-state index in [-0.39, 0.29) is 5.78 Å². The van der Waals surface area contributed by atoms with Crippen molar-refractivity contribution < 1.29 is 14.3 Å². The summed E-state index contributed by atoms with van der Waals surface area (Å²) < 4.78 is 5.47. The third-order valence-corrected chi connectivity index (χ3v) is 4.20. The van der Waals surface area contributed by atoms with Crippen molar-refractivity contribution in [2.45, 2.75) is 13.8 Å². The lowest BCUT2D eigenvalue weighted by molar-refractivity contribution is 0.0733. The Morgan fingerprint density at radius 1 is 0.852 bits per heavy atom. The maximum atomic E-state index is 12.3. The average molecular weight is 356 g/mol. The van der Waals surface area contributed by atoms with Gasteiger partial charge in [0, 0.05) is 5.56 Å². The number of ketones is 1. The molecule has 27 heavy (non-hydrogen) atoms. The molecule has 0 aliphatic rings. The van der Waals surface area contributed by atoms with Gasteiger partial charge in [-0.15, -0.1) is 0 Å². The number of carbonyl (C=O) groups is 2. The van der Waals surface area contributed by atoms with Crippen molar-refractivity contribution in [3.63, 3.8) is 0 Å². The van der Waals surface area contributed by atoms with E-state index in [4.69, 9.17) is 4.74 Å². The van der Waals surface area contributed by atoms with Gasteiger partial charge in [0.25, 0.3) is 0 Å². The number of hydrogen-bond acceptors (Lipinski definition) is 3. The molecule has 0 saturated carbocycles. The monoisotopic (exact) mass is 356 g/mol. The van der Waals surface area contributed by atoms with Crippen molar-refractivity contribution in [3.05, 3.63) is 107 Å². The minimum Gasteiger partial charge on any atom is -0.423 e. The second-order valence-electron chi connectivity index (χ2n) is 6.34. The minimum atomic E-state index is -0.398. The zero-order valence-electron chi connectivity index (χ0n) is 15.3. The summed E-state index contributed by atoms with van der Waals surface area (Å²) in [5.41, 5.74) is 3.93. The van der Waals surface area contributed by atoms with Crippen LogP contribution in [0.25, 0.3) is 6.08 Å². The van der Waals surface area contributed by atoms with E-state index in [0.29, 0.717) is 16.9 Å². The van der Waals surface area contributed by atoms with Crippen LogP contribution in [0.5, 0.6) is 5.75 Å². The smallest absolute Gasteiger partial charge is 0.343 e. The Morgan fingerprint density at radius 2 is 1.59 bits per heavy atom. The minimum absolute atomic E-state index is 0.0719. The molecular weight excluding hydrogens is 336 g/mol. The lowest BCUT2D eigenvalue weighted by Gasteiger charge is -2.07. The normalized spacial score (nSPS) is 10.7. The summed E-state index contributed by atoms with van der Waals surface area (Å²) >= 11 is 0. The molecule has 0 bridgehead atoms. The molecule has 0 aliphatic heterocycles. The third kappa shape index (κ3) is 4.79. The Balaban J connectivity index is 1.72. The van der Waals surface area contributed by atoms with Gasteiger partial charge in [0.15, 0.2) is 5.78 Å². The summed E-state index contributed by atoms with van der Waals surface area (Å²) in [4.78, 5) is 24.6. The van der Waals surface area contributed by atoms with Gasteiger partial charge in [-0.25, -0.2) is 4.79 Å². The van der Waals surface area contributed by atoms with Gasteiger partial charge < -0.3 is 4.74 Å². The first kappa shape index (κ1) is 18.3. The van der Waals surface area contributed by atoms with Gasteiger partial charge in [-0.05, 0) is 49.2 Å². The molecule has 0 fully saturated rings. The standard InChI is InChI=1S/C24H20O3/c1-17-10-13-20(14-11-17)23(25)15-12-19-7-5-8-21(16-19)27-24(26)22-9-4-3-6-18(22)2/h3-16H,1-2H3. The van der Waals surface area contributed by atoms with E-state index in [9.17, 15) is 9.59 Å². The molecule has 0 aliphatic carbocycles. The number of aryl methyl sites for hydroxylation is 2. The molecule has 0 amide bonds. The van der Waals surface area contributed by atoms with Crippen molar-refractivity contribution in [1.29, 1.82) is 0 Å². The van der Waals surface area contributed by atoms with Gasteiger partial charge in [0.2, 0.25) is 0 Å². The topological polar surface area (TPSA) is 43.4 Å². The SMILES string of the molecule is Cc1ccc(C(=O)C=Cc2cccc(OC(=O)c3ccccc3C)c2)cc1. The Bertz CT molecular complexity index is 998. The van der Waals surface area contributed by atoms with Crippen LogP contribution in [-0.2, 0) is 0 Å². The van der Waals surface area contributed by atoms with E-state index in [0.717, 1.165) is 16.7 Å². The predicted molar refractivity (Wildman–Crippen MR) is 107 cm³/mol. The quantitative estimate of drug-likeness (QED) is 0.265. The fourth-order valence-corrected chi connectivity index (χ4v) is 2.63. The summed E-state index contributed by atoms with van der Waals surface area (Å²) in [6.45, 7) is 3.85. The summed E-state index contributed by atoms with van der Waals surface area (Å²) in [5.74, 6) is -0.0320. The first-order valence-corrected chi connectivity index (χ1v) is 8.70. The number of rotatable bonds is 5. The number of allylic oxidation sites excluding steroid dienone is 1. The second kappa shape index (κ2) is 8.28. The van der Waals surface area contributed by atoms with Crippen LogP contribution in [0.15, 0.2) is 78.9 Å². The highest BCUT2D eigenvalue weighted by Crippen LogP contribution is 2.18. The molecule has 3 heteroatoms. The highest BCUT2D eigenvalue weighted by Gasteiger charge is 2.11. The van der Waals surface area contributed by atoms with E-state index >= 15 is 0 Å². The van der Waals surface area contributed by atoms with Gasteiger partial charge >= 0.3 is 5.97 Å². The summed E-state index contributed by atoms with van der Waals surface area (Å²) in [5, 5.41) is 0. The van der Waals surface area contributed by atoms with Crippen LogP contribution in [0.2, 0.25) is 0 Å². The molecule has 0 N–H and O–H groups in total. The second-order valence-corrected chi connectivity index (χ2v) is 6.34. The lowest BCUT2D eigenvalue weighted by Crippen LogP contribution is -2.10. The molecule has 0 heterocycles. The molecular formula is C24H20O3. The first-order valence-electron chi connectivity index (χ1n) is 8.70. The zero-order chi connectivity index (χ0) is 19.2. The molecule has 0 atom stereocenters. The number of ether oxygens (including phenoxy) is 1. The van der Waals surface area contributed by atoms with Crippen LogP contribution in [-0.4, -0.2) is 11.8 Å².